The number of methoxy groups -OCH3 is 1. The minimum atomic E-state index is 0.561. The highest BCUT2D eigenvalue weighted by molar-refractivity contribution is 5.73. The molecule has 1 aromatic heterocycles. The van der Waals surface area contributed by atoms with Crippen LogP contribution in [-0.4, -0.2) is 18.4 Å². The normalized spacial score (nSPS) is 10.3. The predicted molar refractivity (Wildman–Crippen MR) is 50.6 cm³/mol. The summed E-state index contributed by atoms with van der Waals surface area (Å²) >= 11 is 0. The molecule has 0 fully saturated rings. The number of hydrogen-bond donors (Lipinski definition) is 0. The van der Waals surface area contributed by atoms with Crippen molar-refractivity contribution >= 4 is 12.4 Å². The lowest BCUT2D eigenvalue weighted by atomic mass is 10.2. The zero-order chi connectivity index (χ0) is 9.68. The van der Waals surface area contributed by atoms with E-state index >= 15 is 0 Å². The van der Waals surface area contributed by atoms with Crippen molar-refractivity contribution in [3.8, 4) is 5.88 Å². The molecule has 0 radical (unpaired) electrons. The second-order valence-corrected chi connectivity index (χ2v) is 2.58. The number of nitrogens with zero attached hydrogens (tertiary/aromatic N) is 1. The minimum Gasteiger partial charge on any atom is -0.481 e. The molecule has 0 aliphatic carbocycles. The molecule has 0 saturated heterocycles. The maximum absolute atomic E-state index is 10.1. The summed E-state index contributed by atoms with van der Waals surface area (Å²) in [7, 11) is 1.56. The highest BCUT2D eigenvalue weighted by Crippen LogP contribution is 2.12. The van der Waals surface area contributed by atoms with Crippen molar-refractivity contribution in [3.63, 3.8) is 0 Å². The quantitative estimate of drug-likeness (QED) is 0.520. The van der Waals surface area contributed by atoms with E-state index < -0.39 is 0 Å². The first kappa shape index (κ1) is 9.45. The molecule has 0 N–H and O–H groups in total. The molecular weight excluding hydrogens is 166 g/mol. The lowest BCUT2D eigenvalue weighted by molar-refractivity contribution is -0.104. The zero-order valence-corrected chi connectivity index (χ0v) is 7.65. The number of rotatable bonds is 3. The molecule has 68 valence electrons. The number of allylic oxidation sites excluding steroid dienone is 1. The molecular formula is C10H11NO2. The number of aromatic nitrogens is 1. The van der Waals surface area contributed by atoms with Crippen molar-refractivity contribution in [2.24, 2.45) is 0 Å². The molecule has 0 spiro atoms. The van der Waals surface area contributed by atoms with Gasteiger partial charge in [-0.25, -0.2) is 4.98 Å². The summed E-state index contributed by atoms with van der Waals surface area (Å²) < 4.78 is 4.98. The second-order valence-electron chi connectivity index (χ2n) is 2.58. The summed E-state index contributed by atoms with van der Waals surface area (Å²) in [6.07, 6.45) is 3.89. The SMILES string of the molecule is COc1cc(/C=C/C=O)cc(C)n1. The van der Waals surface area contributed by atoms with Gasteiger partial charge >= 0.3 is 0 Å². The van der Waals surface area contributed by atoms with E-state index in [0.29, 0.717) is 5.88 Å². The molecule has 0 saturated carbocycles. The molecule has 3 heteroatoms. The number of aldehydes is 1. The third kappa shape index (κ3) is 2.71. The Balaban J connectivity index is 3.00. The molecule has 0 aliphatic heterocycles. The van der Waals surface area contributed by atoms with E-state index in [4.69, 9.17) is 4.74 Å². The highest BCUT2D eigenvalue weighted by atomic mass is 16.5. The van der Waals surface area contributed by atoms with E-state index in [1.807, 2.05) is 13.0 Å². The van der Waals surface area contributed by atoms with Gasteiger partial charge in [-0.05, 0) is 24.6 Å². The highest BCUT2D eigenvalue weighted by Gasteiger charge is 1.96. The van der Waals surface area contributed by atoms with Gasteiger partial charge in [0.2, 0.25) is 5.88 Å². The van der Waals surface area contributed by atoms with Crippen LogP contribution < -0.4 is 4.74 Å². The average molecular weight is 177 g/mol. The summed E-state index contributed by atoms with van der Waals surface area (Å²) in [6, 6.07) is 3.65. The Morgan fingerprint density at radius 2 is 2.23 bits per heavy atom. The van der Waals surface area contributed by atoms with Gasteiger partial charge in [0.15, 0.2) is 0 Å². The number of carbonyl (C=O) groups is 1. The van der Waals surface area contributed by atoms with Crippen LogP contribution in [0.3, 0.4) is 0 Å². The minimum absolute atomic E-state index is 0.561. The maximum atomic E-state index is 10.1. The Morgan fingerprint density at radius 1 is 1.46 bits per heavy atom. The summed E-state index contributed by atoms with van der Waals surface area (Å²) in [4.78, 5) is 14.2. The van der Waals surface area contributed by atoms with Gasteiger partial charge in [0.05, 0.1) is 7.11 Å². The monoisotopic (exact) mass is 177 g/mol. The van der Waals surface area contributed by atoms with Crippen LogP contribution >= 0.6 is 0 Å². The summed E-state index contributed by atoms with van der Waals surface area (Å²) in [5, 5.41) is 0. The van der Waals surface area contributed by atoms with Crippen LogP contribution in [-0.2, 0) is 4.79 Å². The van der Waals surface area contributed by atoms with Crippen LogP contribution in [0.25, 0.3) is 6.08 Å². The van der Waals surface area contributed by atoms with Crippen LogP contribution in [0, 0.1) is 6.92 Å². The predicted octanol–water partition coefficient (Wildman–Crippen LogP) is 1.61. The van der Waals surface area contributed by atoms with E-state index in [1.165, 1.54) is 6.08 Å². The van der Waals surface area contributed by atoms with Crippen LogP contribution in [0.5, 0.6) is 5.88 Å². The summed E-state index contributed by atoms with van der Waals surface area (Å²) in [5.74, 6) is 0.561. The fraction of sp³-hybridized carbons (Fsp3) is 0.200. The standard InChI is InChI=1S/C10H11NO2/c1-8-6-9(4-3-5-12)7-10(11-8)13-2/h3-7H,1-2H3/b4-3+. The van der Waals surface area contributed by atoms with Crippen molar-refractivity contribution in [3.05, 3.63) is 29.5 Å². The van der Waals surface area contributed by atoms with Gasteiger partial charge in [0, 0.05) is 11.8 Å². The topological polar surface area (TPSA) is 39.2 Å². The Morgan fingerprint density at radius 3 is 2.85 bits per heavy atom. The van der Waals surface area contributed by atoms with Gasteiger partial charge < -0.3 is 4.74 Å². The zero-order valence-electron chi connectivity index (χ0n) is 7.65. The van der Waals surface area contributed by atoms with Crippen LogP contribution in [0.1, 0.15) is 11.3 Å². The van der Waals surface area contributed by atoms with Crippen LogP contribution in [0.4, 0.5) is 0 Å². The molecule has 1 aromatic rings. The Hall–Kier alpha value is -1.64. The van der Waals surface area contributed by atoms with Crippen molar-refractivity contribution in [1.82, 2.24) is 4.98 Å². The van der Waals surface area contributed by atoms with Crippen LogP contribution in [0.2, 0.25) is 0 Å². The molecule has 13 heavy (non-hydrogen) atoms. The molecule has 0 bridgehead atoms. The Bertz CT molecular complexity index is 332. The number of pyridine rings is 1. The van der Waals surface area contributed by atoms with Gasteiger partial charge in [-0.3, -0.25) is 4.79 Å². The largest absolute Gasteiger partial charge is 0.481 e. The average Bonchev–Trinajstić information content (AvgIpc) is 2.14. The van der Waals surface area contributed by atoms with Crippen molar-refractivity contribution in [1.29, 1.82) is 0 Å². The maximum Gasteiger partial charge on any atom is 0.213 e. The first-order chi connectivity index (χ1) is 6.26. The third-order valence-electron chi connectivity index (χ3n) is 1.53. The van der Waals surface area contributed by atoms with Gasteiger partial charge in [0.1, 0.15) is 6.29 Å². The third-order valence-corrected chi connectivity index (χ3v) is 1.53. The van der Waals surface area contributed by atoms with Gasteiger partial charge in [-0.15, -0.1) is 0 Å². The molecule has 1 heterocycles. The molecule has 3 nitrogen and oxygen atoms in total. The van der Waals surface area contributed by atoms with E-state index in [2.05, 4.69) is 4.98 Å². The van der Waals surface area contributed by atoms with E-state index in [1.54, 1.807) is 19.3 Å². The molecule has 0 atom stereocenters. The number of ether oxygens (including phenoxy) is 1. The number of carbonyl (C=O) groups excluding carboxylic acids is 1. The molecule has 1 rings (SSSR count). The fourth-order valence-electron chi connectivity index (χ4n) is 1.01. The number of aryl methyl sites for hydroxylation is 1. The van der Waals surface area contributed by atoms with E-state index in [9.17, 15) is 4.79 Å². The number of hydrogen-bond acceptors (Lipinski definition) is 3. The van der Waals surface area contributed by atoms with Crippen LogP contribution in [0.15, 0.2) is 18.2 Å². The lowest BCUT2D eigenvalue weighted by Gasteiger charge is -2.01. The van der Waals surface area contributed by atoms with E-state index in [0.717, 1.165) is 17.5 Å². The van der Waals surface area contributed by atoms with Gasteiger partial charge in [-0.2, -0.15) is 0 Å². The van der Waals surface area contributed by atoms with E-state index in [-0.39, 0.29) is 0 Å². The molecule has 0 aliphatic rings. The van der Waals surface area contributed by atoms with Crippen molar-refractivity contribution < 1.29 is 9.53 Å². The Kier molecular flexibility index (Phi) is 3.20. The van der Waals surface area contributed by atoms with Gasteiger partial charge in [0.25, 0.3) is 0 Å². The Labute approximate surface area is 77.1 Å². The molecule has 0 unspecified atom stereocenters. The second kappa shape index (κ2) is 4.40. The summed E-state index contributed by atoms with van der Waals surface area (Å²) in [5.41, 5.74) is 1.78. The molecule has 0 amide bonds. The first-order valence-electron chi connectivity index (χ1n) is 3.91. The molecule has 0 aromatic carbocycles. The first-order valence-corrected chi connectivity index (χ1v) is 3.91. The van der Waals surface area contributed by atoms with Crippen molar-refractivity contribution in [2.45, 2.75) is 6.92 Å². The van der Waals surface area contributed by atoms with Gasteiger partial charge in [-0.1, -0.05) is 6.08 Å². The summed E-state index contributed by atoms with van der Waals surface area (Å²) in [6.45, 7) is 1.88. The lowest BCUT2D eigenvalue weighted by Crippen LogP contribution is -1.90. The fourth-order valence-corrected chi connectivity index (χ4v) is 1.01. The van der Waals surface area contributed by atoms with Crippen molar-refractivity contribution in [2.75, 3.05) is 7.11 Å². The smallest absolute Gasteiger partial charge is 0.213 e.